The minimum absolute atomic E-state index is 0.0373. The second-order valence-corrected chi connectivity index (χ2v) is 2.95. The average molecular weight is 223 g/mol. The fraction of sp³-hybridized carbons (Fsp3) is 0.750. The molecule has 0 aliphatic heterocycles. The molecule has 0 fully saturated rings. The van der Waals surface area contributed by atoms with Crippen LogP contribution in [0.3, 0.4) is 0 Å². The number of alkyl halides is 1. The molecule has 0 aromatic rings. The first kappa shape index (κ1) is 13.2. The maximum absolute atomic E-state index is 10.9. The number of rotatable bonds is 7. The highest BCUT2D eigenvalue weighted by Crippen LogP contribution is 1.82. The summed E-state index contributed by atoms with van der Waals surface area (Å²) in [7, 11) is 1.45. The number of hydrogen-bond donors (Lipinski definition) is 2. The van der Waals surface area contributed by atoms with Gasteiger partial charge in [0.1, 0.15) is 6.61 Å². The monoisotopic (exact) mass is 222 g/mol. The van der Waals surface area contributed by atoms with E-state index < -0.39 is 0 Å². The highest BCUT2D eigenvalue weighted by atomic mass is 35.5. The zero-order chi connectivity index (χ0) is 10.8. The van der Waals surface area contributed by atoms with Crippen molar-refractivity contribution in [2.24, 2.45) is 0 Å². The van der Waals surface area contributed by atoms with E-state index in [1.165, 1.54) is 7.11 Å². The van der Waals surface area contributed by atoms with Gasteiger partial charge in [-0.25, -0.2) is 0 Å². The molecule has 0 rings (SSSR count). The van der Waals surface area contributed by atoms with Crippen molar-refractivity contribution in [1.82, 2.24) is 10.6 Å². The lowest BCUT2D eigenvalue weighted by atomic mass is 10.4. The molecule has 14 heavy (non-hydrogen) atoms. The van der Waals surface area contributed by atoms with Gasteiger partial charge in [-0.2, -0.15) is 0 Å². The number of amides is 2. The molecular weight excluding hydrogens is 208 g/mol. The van der Waals surface area contributed by atoms with Crippen molar-refractivity contribution < 1.29 is 14.3 Å². The Balaban J connectivity index is 3.28. The molecule has 0 aliphatic rings. The van der Waals surface area contributed by atoms with Crippen molar-refractivity contribution in [3.05, 3.63) is 0 Å². The fourth-order valence-electron chi connectivity index (χ4n) is 0.760. The summed E-state index contributed by atoms with van der Waals surface area (Å²) in [6.07, 6.45) is 0.299. The van der Waals surface area contributed by atoms with Crippen LogP contribution in [0.15, 0.2) is 0 Å². The van der Waals surface area contributed by atoms with Crippen LogP contribution >= 0.6 is 11.6 Å². The van der Waals surface area contributed by atoms with E-state index in [1.807, 2.05) is 0 Å². The van der Waals surface area contributed by atoms with E-state index >= 15 is 0 Å². The largest absolute Gasteiger partial charge is 0.375 e. The molecule has 0 bridgehead atoms. The van der Waals surface area contributed by atoms with Crippen molar-refractivity contribution in [3.63, 3.8) is 0 Å². The molecule has 0 heterocycles. The van der Waals surface area contributed by atoms with Gasteiger partial charge in [-0.1, -0.05) is 0 Å². The van der Waals surface area contributed by atoms with Gasteiger partial charge in [0.2, 0.25) is 11.8 Å². The van der Waals surface area contributed by atoms with Gasteiger partial charge in [0, 0.05) is 32.5 Å². The van der Waals surface area contributed by atoms with Crippen LogP contribution in [0.25, 0.3) is 0 Å². The first-order chi connectivity index (χ1) is 6.70. The van der Waals surface area contributed by atoms with Gasteiger partial charge in [0.05, 0.1) is 0 Å². The summed E-state index contributed by atoms with van der Waals surface area (Å²) in [6.45, 7) is 0.844. The third-order valence-electron chi connectivity index (χ3n) is 1.37. The lowest BCUT2D eigenvalue weighted by Gasteiger charge is -2.05. The van der Waals surface area contributed by atoms with Gasteiger partial charge in [0.15, 0.2) is 0 Å². The molecule has 82 valence electrons. The van der Waals surface area contributed by atoms with E-state index in [1.54, 1.807) is 0 Å². The predicted octanol–water partition coefficient (Wildman–Crippen LogP) is -0.506. The van der Waals surface area contributed by atoms with Gasteiger partial charge in [-0.3, -0.25) is 9.59 Å². The van der Waals surface area contributed by atoms with Gasteiger partial charge < -0.3 is 15.4 Å². The topological polar surface area (TPSA) is 67.4 Å². The van der Waals surface area contributed by atoms with Crippen molar-refractivity contribution in [1.29, 1.82) is 0 Å². The van der Waals surface area contributed by atoms with Crippen LogP contribution in [0.1, 0.15) is 6.42 Å². The number of halogens is 1. The summed E-state index contributed by atoms with van der Waals surface area (Å²) in [5.41, 5.74) is 0. The summed E-state index contributed by atoms with van der Waals surface area (Å²) >= 11 is 5.35. The molecule has 0 aromatic heterocycles. The zero-order valence-corrected chi connectivity index (χ0v) is 8.89. The minimum atomic E-state index is -0.195. The first-order valence-electron chi connectivity index (χ1n) is 4.29. The minimum Gasteiger partial charge on any atom is -0.375 e. The smallest absolute Gasteiger partial charge is 0.246 e. The Morgan fingerprint density at radius 1 is 1.21 bits per heavy atom. The Labute approximate surface area is 88.1 Å². The van der Waals surface area contributed by atoms with E-state index in [-0.39, 0.29) is 18.4 Å². The third kappa shape index (κ3) is 7.82. The maximum atomic E-state index is 10.9. The molecule has 0 aliphatic carbocycles. The van der Waals surface area contributed by atoms with E-state index in [4.69, 9.17) is 11.6 Å². The highest BCUT2D eigenvalue weighted by molar-refractivity contribution is 6.18. The van der Waals surface area contributed by atoms with Crippen LogP contribution in [0, 0.1) is 0 Å². The van der Waals surface area contributed by atoms with Crippen LogP contribution in [0.5, 0.6) is 0 Å². The molecule has 0 spiro atoms. The summed E-state index contributed by atoms with van der Waals surface area (Å²) in [5.74, 6) is 0.00193. The molecule has 0 saturated heterocycles. The number of ether oxygens (including phenoxy) is 1. The Morgan fingerprint density at radius 2 is 1.79 bits per heavy atom. The zero-order valence-electron chi connectivity index (χ0n) is 8.14. The SMILES string of the molecule is COCC(=O)NCCNC(=O)CCCl. The van der Waals surface area contributed by atoms with Crippen LogP contribution in [-0.4, -0.2) is 44.5 Å². The summed E-state index contributed by atoms with van der Waals surface area (Å²) < 4.78 is 4.60. The van der Waals surface area contributed by atoms with E-state index in [2.05, 4.69) is 15.4 Å². The molecular formula is C8H15ClN2O3. The van der Waals surface area contributed by atoms with Gasteiger partial charge >= 0.3 is 0 Å². The summed E-state index contributed by atoms with van der Waals surface area (Å²) in [4.78, 5) is 21.7. The molecule has 5 nitrogen and oxygen atoms in total. The molecule has 0 saturated carbocycles. The van der Waals surface area contributed by atoms with Crippen LogP contribution in [-0.2, 0) is 14.3 Å². The molecule has 2 N–H and O–H groups in total. The quantitative estimate of drug-likeness (QED) is 0.451. The second-order valence-electron chi connectivity index (χ2n) is 2.57. The first-order valence-corrected chi connectivity index (χ1v) is 4.82. The maximum Gasteiger partial charge on any atom is 0.246 e. The Morgan fingerprint density at radius 3 is 2.29 bits per heavy atom. The summed E-state index contributed by atoms with van der Waals surface area (Å²) in [6, 6.07) is 0. The Kier molecular flexibility index (Phi) is 8.27. The van der Waals surface area contributed by atoms with Crippen LogP contribution < -0.4 is 10.6 Å². The van der Waals surface area contributed by atoms with E-state index in [0.29, 0.717) is 25.4 Å². The number of nitrogens with one attached hydrogen (secondary N) is 2. The number of hydrogen-bond acceptors (Lipinski definition) is 3. The molecule has 0 unspecified atom stereocenters. The standard InChI is InChI=1S/C8H15ClN2O3/c1-14-6-8(13)11-5-4-10-7(12)2-3-9/h2-6H2,1H3,(H,10,12)(H,11,13). The molecule has 0 atom stereocenters. The molecule has 6 heteroatoms. The fourth-order valence-corrected chi connectivity index (χ4v) is 0.932. The number of carbonyl (C=O) groups is 2. The normalized spacial score (nSPS) is 9.57. The average Bonchev–Trinajstić information content (AvgIpc) is 2.13. The lowest BCUT2D eigenvalue weighted by molar-refractivity contribution is -0.125. The van der Waals surface area contributed by atoms with Gasteiger partial charge in [-0.05, 0) is 0 Å². The van der Waals surface area contributed by atoms with Gasteiger partial charge in [-0.15, -0.1) is 11.6 Å². The lowest BCUT2D eigenvalue weighted by Crippen LogP contribution is -2.36. The Hall–Kier alpha value is -0.810. The third-order valence-corrected chi connectivity index (χ3v) is 1.56. The van der Waals surface area contributed by atoms with Crippen molar-refractivity contribution in [3.8, 4) is 0 Å². The molecule has 0 aromatic carbocycles. The molecule has 0 radical (unpaired) electrons. The molecule has 2 amide bonds. The van der Waals surface area contributed by atoms with Crippen LogP contribution in [0.2, 0.25) is 0 Å². The van der Waals surface area contributed by atoms with Crippen LogP contribution in [0.4, 0.5) is 0 Å². The van der Waals surface area contributed by atoms with Crippen molar-refractivity contribution in [2.75, 3.05) is 32.7 Å². The highest BCUT2D eigenvalue weighted by Gasteiger charge is 2.00. The van der Waals surface area contributed by atoms with E-state index in [0.717, 1.165) is 0 Å². The number of carbonyl (C=O) groups excluding carboxylic acids is 2. The van der Waals surface area contributed by atoms with E-state index in [9.17, 15) is 9.59 Å². The Bertz CT molecular complexity index is 167. The van der Waals surface area contributed by atoms with Crippen molar-refractivity contribution >= 4 is 23.4 Å². The number of methoxy groups -OCH3 is 1. The van der Waals surface area contributed by atoms with Crippen molar-refractivity contribution in [2.45, 2.75) is 6.42 Å². The van der Waals surface area contributed by atoms with Gasteiger partial charge in [0.25, 0.3) is 0 Å². The summed E-state index contributed by atoms with van der Waals surface area (Å²) in [5, 5.41) is 5.17. The second kappa shape index (κ2) is 8.77. The predicted molar refractivity (Wildman–Crippen MR) is 53.2 cm³/mol.